The van der Waals surface area contributed by atoms with Crippen LogP contribution in [0.25, 0.3) is 0 Å². The molecule has 0 spiro atoms. The van der Waals surface area contributed by atoms with Gasteiger partial charge in [0.25, 0.3) is 0 Å². The van der Waals surface area contributed by atoms with Crippen molar-refractivity contribution in [1.29, 1.82) is 0 Å². The zero-order valence-electron chi connectivity index (χ0n) is 12.9. The maximum absolute atomic E-state index is 3.58. The number of rotatable bonds is 7. The van der Waals surface area contributed by atoms with Gasteiger partial charge in [-0.3, -0.25) is 0 Å². The van der Waals surface area contributed by atoms with Crippen LogP contribution in [0.15, 0.2) is 18.2 Å². The van der Waals surface area contributed by atoms with E-state index in [1.807, 2.05) is 0 Å². The molecule has 0 unspecified atom stereocenters. The van der Waals surface area contributed by atoms with Gasteiger partial charge in [0.2, 0.25) is 0 Å². The zero-order valence-corrected chi connectivity index (χ0v) is 12.9. The Bertz CT molecular complexity index is 408. The highest BCUT2D eigenvalue weighted by Gasteiger charge is 2.19. The Morgan fingerprint density at radius 1 is 1.32 bits per heavy atom. The molecule has 1 aliphatic carbocycles. The number of hydrogen-bond donors (Lipinski definition) is 1. The van der Waals surface area contributed by atoms with Gasteiger partial charge in [-0.15, -0.1) is 0 Å². The van der Waals surface area contributed by atoms with E-state index in [0.29, 0.717) is 5.92 Å². The molecule has 106 valence electrons. The SMILES string of the molecule is Cc1ccc(C(C)C)cc1CN(C)CCNC1CC1. The van der Waals surface area contributed by atoms with E-state index in [4.69, 9.17) is 0 Å². The number of benzene rings is 1. The van der Waals surface area contributed by atoms with Gasteiger partial charge in [-0.2, -0.15) is 0 Å². The minimum atomic E-state index is 0.612. The van der Waals surface area contributed by atoms with Crippen LogP contribution in [0, 0.1) is 6.92 Å². The summed E-state index contributed by atoms with van der Waals surface area (Å²) < 4.78 is 0. The maximum atomic E-state index is 3.58. The first-order valence-electron chi connectivity index (χ1n) is 7.57. The van der Waals surface area contributed by atoms with Crippen molar-refractivity contribution in [3.05, 3.63) is 34.9 Å². The quantitative estimate of drug-likeness (QED) is 0.809. The van der Waals surface area contributed by atoms with Crippen LogP contribution >= 0.6 is 0 Å². The van der Waals surface area contributed by atoms with Gasteiger partial charge in [0.05, 0.1) is 0 Å². The Balaban J connectivity index is 1.87. The summed E-state index contributed by atoms with van der Waals surface area (Å²) in [6, 6.07) is 7.73. The lowest BCUT2D eigenvalue weighted by Crippen LogP contribution is -2.30. The van der Waals surface area contributed by atoms with Gasteiger partial charge in [-0.25, -0.2) is 0 Å². The number of aryl methyl sites for hydroxylation is 1. The van der Waals surface area contributed by atoms with E-state index in [-0.39, 0.29) is 0 Å². The van der Waals surface area contributed by atoms with Crippen LogP contribution in [0.3, 0.4) is 0 Å². The molecule has 0 radical (unpaired) electrons. The average molecular weight is 260 g/mol. The predicted octanol–water partition coefficient (Wildman–Crippen LogP) is 3.30. The fourth-order valence-electron chi connectivity index (χ4n) is 2.34. The summed E-state index contributed by atoms with van der Waals surface area (Å²) in [5.41, 5.74) is 4.33. The van der Waals surface area contributed by atoms with E-state index in [0.717, 1.165) is 25.7 Å². The third kappa shape index (κ3) is 4.63. The highest BCUT2D eigenvalue weighted by Crippen LogP contribution is 2.20. The lowest BCUT2D eigenvalue weighted by Gasteiger charge is -2.19. The summed E-state index contributed by atoms with van der Waals surface area (Å²) in [7, 11) is 2.22. The van der Waals surface area contributed by atoms with Gasteiger partial charge in [0.1, 0.15) is 0 Å². The molecule has 1 N–H and O–H groups in total. The van der Waals surface area contributed by atoms with Crippen molar-refractivity contribution in [3.63, 3.8) is 0 Å². The Hall–Kier alpha value is -0.860. The molecular weight excluding hydrogens is 232 g/mol. The number of likely N-dealkylation sites (N-methyl/N-ethyl adjacent to an activating group) is 1. The zero-order chi connectivity index (χ0) is 13.8. The van der Waals surface area contributed by atoms with Crippen LogP contribution in [0.2, 0.25) is 0 Å². The summed E-state index contributed by atoms with van der Waals surface area (Å²) in [6.45, 7) is 10.0. The summed E-state index contributed by atoms with van der Waals surface area (Å²) >= 11 is 0. The van der Waals surface area contributed by atoms with E-state index in [1.165, 1.54) is 29.5 Å². The summed E-state index contributed by atoms with van der Waals surface area (Å²) in [4.78, 5) is 2.42. The van der Waals surface area contributed by atoms with E-state index in [2.05, 4.69) is 56.2 Å². The number of hydrogen-bond acceptors (Lipinski definition) is 2. The third-order valence-corrected chi connectivity index (χ3v) is 3.98. The molecule has 0 atom stereocenters. The third-order valence-electron chi connectivity index (χ3n) is 3.98. The highest BCUT2D eigenvalue weighted by molar-refractivity contribution is 5.32. The van der Waals surface area contributed by atoms with Crippen molar-refractivity contribution in [3.8, 4) is 0 Å². The van der Waals surface area contributed by atoms with E-state index in [9.17, 15) is 0 Å². The monoisotopic (exact) mass is 260 g/mol. The normalized spacial score (nSPS) is 15.5. The molecule has 1 fully saturated rings. The average Bonchev–Trinajstić information content (AvgIpc) is 3.15. The van der Waals surface area contributed by atoms with E-state index >= 15 is 0 Å². The maximum Gasteiger partial charge on any atom is 0.0233 e. The Kier molecular flexibility index (Phi) is 5.00. The number of nitrogens with one attached hydrogen (secondary N) is 1. The molecule has 2 nitrogen and oxygen atoms in total. The van der Waals surface area contributed by atoms with Crippen molar-refractivity contribution < 1.29 is 0 Å². The predicted molar refractivity (Wildman–Crippen MR) is 82.6 cm³/mol. The largest absolute Gasteiger partial charge is 0.313 e. The van der Waals surface area contributed by atoms with Gasteiger partial charge >= 0.3 is 0 Å². The van der Waals surface area contributed by atoms with Crippen molar-refractivity contribution in [2.45, 2.75) is 52.1 Å². The Labute approximate surface area is 118 Å². The van der Waals surface area contributed by atoms with Gasteiger partial charge in [0.15, 0.2) is 0 Å². The highest BCUT2D eigenvalue weighted by atomic mass is 15.1. The van der Waals surface area contributed by atoms with E-state index < -0.39 is 0 Å². The molecule has 1 saturated carbocycles. The first-order chi connectivity index (χ1) is 9.06. The lowest BCUT2D eigenvalue weighted by molar-refractivity contribution is 0.323. The van der Waals surface area contributed by atoms with E-state index in [1.54, 1.807) is 0 Å². The Morgan fingerprint density at radius 3 is 2.68 bits per heavy atom. The summed E-state index contributed by atoms with van der Waals surface area (Å²) in [6.07, 6.45) is 2.75. The first kappa shape index (κ1) is 14.5. The molecule has 0 saturated heterocycles. The minimum Gasteiger partial charge on any atom is -0.313 e. The molecule has 2 rings (SSSR count). The topological polar surface area (TPSA) is 15.3 Å². The van der Waals surface area contributed by atoms with Crippen molar-refractivity contribution in [2.75, 3.05) is 20.1 Å². The molecule has 2 heteroatoms. The van der Waals surface area contributed by atoms with Gasteiger partial charge < -0.3 is 10.2 Å². The molecule has 19 heavy (non-hydrogen) atoms. The molecule has 1 aliphatic rings. The smallest absolute Gasteiger partial charge is 0.0233 e. The van der Waals surface area contributed by atoms with Gasteiger partial charge in [-0.1, -0.05) is 32.0 Å². The van der Waals surface area contributed by atoms with Gasteiger partial charge in [0, 0.05) is 25.7 Å². The molecule has 0 bridgehead atoms. The van der Waals surface area contributed by atoms with Crippen molar-refractivity contribution in [2.24, 2.45) is 0 Å². The Morgan fingerprint density at radius 2 is 2.05 bits per heavy atom. The van der Waals surface area contributed by atoms with Crippen LogP contribution in [0.4, 0.5) is 0 Å². The fourth-order valence-corrected chi connectivity index (χ4v) is 2.34. The first-order valence-corrected chi connectivity index (χ1v) is 7.57. The lowest BCUT2D eigenvalue weighted by atomic mass is 9.97. The van der Waals surface area contributed by atoms with Crippen molar-refractivity contribution in [1.82, 2.24) is 10.2 Å². The molecule has 1 aromatic carbocycles. The van der Waals surface area contributed by atoms with Crippen molar-refractivity contribution >= 4 is 0 Å². The van der Waals surface area contributed by atoms with Crippen LogP contribution < -0.4 is 5.32 Å². The molecule has 0 aromatic heterocycles. The van der Waals surface area contributed by atoms with Crippen LogP contribution in [0.1, 0.15) is 49.3 Å². The summed E-state index contributed by atoms with van der Waals surface area (Å²) in [5.74, 6) is 0.612. The van der Waals surface area contributed by atoms with Crippen LogP contribution in [-0.4, -0.2) is 31.1 Å². The van der Waals surface area contributed by atoms with Crippen LogP contribution in [-0.2, 0) is 6.54 Å². The molecule has 1 aromatic rings. The standard InChI is InChI=1S/C17H28N2/c1-13(2)15-6-5-14(3)16(11-15)12-19(4)10-9-18-17-7-8-17/h5-6,11,13,17-18H,7-10,12H2,1-4H3. The molecular formula is C17H28N2. The summed E-state index contributed by atoms with van der Waals surface area (Å²) in [5, 5.41) is 3.58. The molecule has 0 aliphatic heterocycles. The van der Waals surface area contributed by atoms with Crippen LogP contribution in [0.5, 0.6) is 0 Å². The van der Waals surface area contributed by atoms with Gasteiger partial charge in [-0.05, 0) is 49.4 Å². The fraction of sp³-hybridized carbons (Fsp3) is 0.647. The second-order valence-corrected chi connectivity index (χ2v) is 6.31. The number of nitrogens with zero attached hydrogens (tertiary/aromatic N) is 1. The second-order valence-electron chi connectivity index (χ2n) is 6.31. The minimum absolute atomic E-state index is 0.612. The second kappa shape index (κ2) is 6.53. The molecule has 0 amide bonds. The molecule has 0 heterocycles.